The third kappa shape index (κ3) is 3.85. The minimum atomic E-state index is -6.39. The molecular weight excluding hydrogens is 309 g/mol. The van der Waals surface area contributed by atoms with Crippen LogP contribution >= 0.6 is 0 Å². The third-order valence-electron chi connectivity index (χ3n) is 2.47. The maximum Gasteiger partial charge on any atom is 0.459 e. The fraction of sp³-hybridized carbons (Fsp3) is 0.417. The molecule has 2 nitrogen and oxygen atoms in total. The second-order valence-corrected chi connectivity index (χ2v) is 4.03. The zero-order valence-electron chi connectivity index (χ0n) is 10.3. The lowest BCUT2D eigenvalue weighted by Gasteiger charge is -2.27. The number of hydrogen-bond donors (Lipinski definition) is 0. The van der Waals surface area contributed by atoms with Gasteiger partial charge in [-0.15, -0.1) is 0 Å². The second-order valence-electron chi connectivity index (χ2n) is 4.03. The number of benzene rings is 1. The van der Waals surface area contributed by atoms with Crippen LogP contribution in [-0.4, -0.2) is 30.6 Å². The number of ether oxygens (including phenoxy) is 1. The van der Waals surface area contributed by atoms with Gasteiger partial charge >= 0.3 is 24.0 Å². The fourth-order valence-corrected chi connectivity index (χ4v) is 1.29. The van der Waals surface area contributed by atoms with E-state index in [0.29, 0.717) is 0 Å². The van der Waals surface area contributed by atoms with E-state index >= 15 is 0 Å². The summed E-state index contributed by atoms with van der Waals surface area (Å²) in [5.41, 5.74) is -0.0385. The number of halogens is 7. The largest absolute Gasteiger partial charge is 0.462 e. The molecule has 0 N–H and O–H groups in total. The highest BCUT2D eigenvalue weighted by molar-refractivity contribution is 5.89. The van der Waals surface area contributed by atoms with Gasteiger partial charge in [-0.25, -0.2) is 4.79 Å². The summed E-state index contributed by atoms with van der Waals surface area (Å²) in [5.74, 6) is -12.7. The quantitative estimate of drug-likeness (QED) is 0.604. The molecule has 0 radical (unpaired) electrons. The first-order valence-electron chi connectivity index (χ1n) is 5.53. The standard InChI is InChI=1S/C12H9F7O2/c13-10(14,11(15,16)12(17,18)19)6-7-21-9(20)8-4-2-1-3-5-8/h1-5H,6-7H2. The molecular formula is C12H9F7O2. The maximum atomic E-state index is 12.9. The monoisotopic (exact) mass is 318 g/mol. The van der Waals surface area contributed by atoms with Gasteiger partial charge in [0.25, 0.3) is 0 Å². The Morgan fingerprint density at radius 1 is 0.952 bits per heavy atom. The van der Waals surface area contributed by atoms with E-state index in [1.807, 2.05) is 0 Å². The van der Waals surface area contributed by atoms with E-state index in [1.54, 1.807) is 6.07 Å². The van der Waals surface area contributed by atoms with Crippen molar-refractivity contribution in [2.75, 3.05) is 6.61 Å². The Labute approximate surface area is 114 Å². The third-order valence-corrected chi connectivity index (χ3v) is 2.47. The molecule has 0 saturated carbocycles. The molecule has 0 aliphatic heterocycles. The first-order chi connectivity index (χ1) is 9.49. The zero-order valence-corrected chi connectivity index (χ0v) is 10.3. The Bertz CT molecular complexity index is 482. The summed E-state index contributed by atoms with van der Waals surface area (Å²) in [6.07, 6.45) is -8.34. The van der Waals surface area contributed by atoms with Gasteiger partial charge in [-0.3, -0.25) is 0 Å². The van der Waals surface area contributed by atoms with Crippen LogP contribution in [0.5, 0.6) is 0 Å². The molecule has 0 atom stereocenters. The molecule has 1 aromatic rings. The van der Waals surface area contributed by atoms with E-state index in [9.17, 15) is 35.5 Å². The molecule has 0 aromatic heterocycles. The van der Waals surface area contributed by atoms with Crippen LogP contribution in [0.25, 0.3) is 0 Å². The van der Waals surface area contributed by atoms with Crippen LogP contribution in [0.3, 0.4) is 0 Å². The molecule has 1 rings (SSSR count). The van der Waals surface area contributed by atoms with Gasteiger partial charge in [-0.2, -0.15) is 30.7 Å². The molecule has 0 bridgehead atoms. The van der Waals surface area contributed by atoms with Crippen LogP contribution in [0, 0.1) is 0 Å². The average molecular weight is 318 g/mol. The molecule has 0 amide bonds. The first-order valence-corrected chi connectivity index (χ1v) is 5.53. The molecule has 0 spiro atoms. The summed E-state index contributed by atoms with van der Waals surface area (Å²) in [7, 11) is 0. The van der Waals surface area contributed by atoms with Crippen LogP contribution in [0.1, 0.15) is 16.8 Å². The van der Waals surface area contributed by atoms with Crippen LogP contribution in [-0.2, 0) is 4.74 Å². The summed E-state index contributed by atoms with van der Waals surface area (Å²) in [6.45, 7) is -1.27. The predicted molar refractivity (Wildman–Crippen MR) is 57.3 cm³/mol. The molecule has 0 aliphatic carbocycles. The number of carbonyl (C=O) groups excluding carboxylic acids is 1. The van der Waals surface area contributed by atoms with Gasteiger partial charge in [0.1, 0.15) is 0 Å². The molecule has 0 fully saturated rings. The number of rotatable bonds is 5. The molecule has 0 saturated heterocycles. The van der Waals surface area contributed by atoms with Gasteiger partial charge in [0.15, 0.2) is 0 Å². The van der Waals surface area contributed by atoms with Crippen molar-refractivity contribution in [1.82, 2.24) is 0 Å². The van der Waals surface area contributed by atoms with Crippen molar-refractivity contribution in [3.05, 3.63) is 35.9 Å². The van der Waals surface area contributed by atoms with Crippen molar-refractivity contribution in [3.8, 4) is 0 Å². The topological polar surface area (TPSA) is 26.3 Å². The second kappa shape index (κ2) is 5.90. The Hall–Kier alpha value is -1.80. The highest BCUT2D eigenvalue weighted by Crippen LogP contribution is 2.47. The number of alkyl halides is 7. The van der Waals surface area contributed by atoms with E-state index in [-0.39, 0.29) is 5.56 Å². The smallest absolute Gasteiger partial charge is 0.459 e. The van der Waals surface area contributed by atoms with Crippen molar-refractivity contribution in [2.45, 2.75) is 24.4 Å². The Balaban J connectivity index is 2.61. The van der Waals surface area contributed by atoms with Crippen molar-refractivity contribution >= 4 is 5.97 Å². The Morgan fingerprint density at radius 2 is 1.48 bits per heavy atom. The summed E-state index contributed by atoms with van der Waals surface area (Å²) < 4.78 is 90.6. The van der Waals surface area contributed by atoms with Crippen LogP contribution in [0.15, 0.2) is 30.3 Å². The molecule has 0 aliphatic rings. The van der Waals surface area contributed by atoms with Gasteiger partial charge in [-0.1, -0.05) is 18.2 Å². The molecule has 21 heavy (non-hydrogen) atoms. The van der Waals surface area contributed by atoms with Crippen molar-refractivity contribution in [2.24, 2.45) is 0 Å². The average Bonchev–Trinajstić information content (AvgIpc) is 2.38. The molecule has 118 valence electrons. The highest BCUT2D eigenvalue weighted by Gasteiger charge is 2.72. The maximum absolute atomic E-state index is 12.9. The molecule has 1 aromatic carbocycles. The van der Waals surface area contributed by atoms with Crippen LogP contribution in [0.4, 0.5) is 30.7 Å². The number of carbonyl (C=O) groups is 1. The fourth-order valence-electron chi connectivity index (χ4n) is 1.29. The number of esters is 1. The number of hydrogen-bond acceptors (Lipinski definition) is 2. The zero-order chi connectivity index (χ0) is 16.3. The van der Waals surface area contributed by atoms with E-state index < -0.39 is 37.0 Å². The lowest BCUT2D eigenvalue weighted by molar-refractivity contribution is -0.356. The van der Waals surface area contributed by atoms with Gasteiger partial charge in [0, 0.05) is 0 Å². The Kier molecular flexibility index (Phi) is 4.85. The molecule has 0 unspecified atom stereocenters. The van der Waals surface area contributed by atoms with Gasteiger partial charge < -0.3 is 4.74 Å². The van der Waals surface area contributed by atoms with Crippen LogP contribution in [0.2, 0.25) is 0 Å². The summed E-state index contributed by atoms with van der Waals surface area (Å²) in [4.78, 5) is 11.3. The van der Waals surface area contributed by atoms with Gasteiger partial charge in [-0.05, 0) is 12.1 Å². The summed E-state index contributed by atoms with van der Waals surface area (Å²) in [6, 6.07) is 6.95. The van der Waals surface area contributed by atoms with E-state index in [0.717, 1.165) is 0 Å². The van der Waals surface area contributed by atoms with Crippen molar-refractivity contribution in [3.63, 3.8) is 0 Å². The predicted octanol–water partition coefficient (Wildman–Crippen LogP) is 4.07. The lowest BCUT2D eigenvalue weighted by Crippen LogP contribution is -2.52. The molecule has 0 heterocycles. The van der Waals surface area contributed by atoms with E-state index in [1.165, 1.54) is 24.3 Å². The van der Waals surface area contributed by atoms with E-state index in [2.05, 4.69) is 4.74 Å². The minimum absolute atomic E-state index is 0.0385. The minimum Gasteiger partial charge on any atom is -0.462 e. The van der Waals surface area contributed by atoms with Crippen molar-refractivity contribution < 1.29 is 40.3 Å². The SMILES string of the molecule is O=C(OCCC(F)(F)C(F)(F)C(F)(F)F)c1ccccc1. The van der Waals surface area contributed by atoms with Crippen LogP contribution < -0.4 is 0 Å². The summed E-state index contributed by atoms with van der Waals surface area (Å²) in [5, 5.41) is 0. The lowest BCUT2D eigenvalue weighted by atomic mass is 10.1. The van der Waals surface area contributed by atoms with Crippen molar-refractivity contribution in [1.29, 1.82) is 0 Å². The first kappa shape index (κ1) is 17.3. The molecule has 9 heteroatoms. The summed E-state index contributed by atoms with van der Waals surface area (Å²) >= 11 is 0. The Morgan fingerprint density at radius 3 is 1.95 bits per heavy atom. The normalized spacial score (nSPS) is 13.1. The van der Waals surface area contributed by atoms with Gasteiger partial charge in [0.2, 0.25) is 0 Å². The van der Waals surface area contributed by atoms with E-state index in [4.69, 9.17) is 0 Å². The highest BCUT2D eigenvalue weighted by atomic mass is 19.4. The van der Waals surface area contributed by atoms with Gasteiger partial charge in [0.05, 0.1) is 18.6 Å².